The van der Waals surface area contributed by atoms with Crippen LogP contribution >= 0.6 is 0 Å². The highest BCUT2D eigenvalue weighted by atomic mass is 19.4. The van der Waals surface area contributed by atoms with E-state index in [4.69, 9.17) is 4.74 Å². The molecule has 1 aliphatic heterocycles. The molecule has 1 amide bonds. The molecule has 33 heavy (non-hydrogen) atoms. The average Bonchev–Trinajstić information content (AvgIpc) is 3.15. The van der Waals surface area contributed by atoms with Gasteiger partial charge in [-0.3, -0.25) is 4.79 Å². The van der Waals surface area contributed by atoms with Crippen molar-refractivity contribution in [3.63, 3.8) is 0 Å². The molecular weight excluding hydrogens is 437 g/mol. The number of ether oxygens (including phenoxy) is 1. The quantitative estimate of drug-likeness (QED) is 0.592. The summed E-state index contributed by atoms with van der Waals surface area (Å²) in [7, 11) is 0. The molecule has 1 aliphatic rings. The summed E-state index contributed by atoms with van der Waals surface area (Å²) in [6.07, 6.45) is -2.44. The molecule has 0 radical (unpaired) electrons. The first-order chi connectivity index (χ1) is 15.4. The number of carbonyl (C=O) groups is 1. The van der Waals surface area contributed by atoms with Crippen molar-refractivity contribution in [1.82, 2.24) is 19.5 Å². The van der Waals surface area contributed by atoms with E-state index in [0.717, 1.165) is 6.07 Å². The van der Waals surface area contributed by atoms with E-state index in [1.807, 2.05) is 0 Å². The van der Waals surface area contributed by atoms with E-state index in [9.17, 15) is 22.8 Å². The van der Waals surface area contributed by atoms with Gasteiger partial charge in [0.05, 0.1) is 17.5 Å². The van der Waals surface area contributed by atoms with Crippen molar-refractivity contribution in [2.75, 3.05) is 13.1 Å². The highest BCUT2D eigenvalue weighted by molar-refractivity contribution is 5.79. The van der Waals surface area contributed by atoms with Crippen LogP contribution in [0.5, 0.6) is 0 Å². The average molecular weight is 462 g/mol. The van der Waals surface area contributed by atoms with Crippen molar-refractivity contribution < 1.29 is 22.7 Å². The molecule has 1 aromatic carbocycles. The third-order valence-corrected chi connectivity index (χ3v) is 5.62. The third-order valence-electron chi connectivity index (χ3n) is 5.62. The Hall–Kier alpha value is -3.30. The molecule has 7 nitrogen and oxygen atoms in total. The molecule has 3 heterocycles. The first-order valence-corrected chi connectivity index (χ1v) is 10.7. The van der Waals surface area contributed by atoms with Gasteiger partial charge in [0.25, 0.3) is 5.56 Å². The van der Waals surface area contributed by atoms with Gasteiger partial charge in [-0.05, 0) is 45.2 Å². The Kier molecular flexibility index (Phi) is 5.71. The maximum Gasteiger partial charge on any atom is 0.417 e. The Morgan fingerprint density at radius 2 is 1.79 bits per heavy atom. The van der Waals surface area contributed by atoms with E-state index in [0.29, 0.717) is 31.6 Å². The summed E-state index contributed by atoms with van der Waals surface area (Å²) < 4.78 is 47.6. The number of hydrogen-bond donors (Lipinski definition) is 1. The van der Waals surface area contributed by atoms with E-state index >= 15 is 0 Å². The SMILES string of the molecule is CC(C)(C)OC(=O)N1CCC(c2cc(=O)[nH]c3c(-c4ccccc4C(F)(F)F)cnn23)CC1. The summed E-state index contributed by atoms with van der Waals surface area (Å²) >= 11 is 0. The number of carbonyl (C=O) groups excluding carboxylic acids is 1. The molecule has 3 aromatic rings. The molecular formula is C23H25F3N4O3. The topological polar surface area (TPSA) is 79.7 Å². The third kappa shape index (κ3) is 4.74. The van der Waals surface area contributed by atoms with Crippen molar-refractivity contribution in [3.8, 4) is 11.1 Å². The lowest BCUT2D eigenvalue weighted by molar-refractivity contribution is -0.137. The number of rotatable bonds is 2. The summed E-state index contributed by atoms with van der Waals surface area (Å²) in [6, 6.07) is 6.64. The first kappa shape index (κ1) is 22.9. The molecule has 1 saturated heterocycles. The van der Waals surface area contributed by atoms with Gasteiger partial charge in [0.2, 0.25) is 0 Å². The van der Waals surface area contributed by atoms with E-state index in [1.54, 1.807) is 25.7 Å². The largest absolute Gasteiger partial charge is 0.444 e. The predicted octanol–water partition coefficient (Wildman–Crippen LogP) is 4.82. The Morgan fingerprint density at radius 1 is 1.12 bits per heavy atom. The number of piperidine rings is 1. The zero-order valence-electron chi connectivity index (χ0n) is 18.6. The number of nitrogens with one attached hydrogen (secondary N) is 1. The van der Waals surface area contributed by atoms with Crippen LogP contribution in [0.4, 0.5) is 18.0 Å². The minimum atomic E-state index is -4.54. The molecule has 1 N–H and O–H groups in total. The summed E-state index contributed by atoms with van der Waals surface area (Å²) in [6.45, 7) is 6.29. The number of nitrogens with zero attached hydrogens (tertiary/aromatic N) is 3. The number of likely N-dealkylation sites (tertiary alicyclic amines) is 1. The van der Waals surface area contributed by atoms with Crippen LogP contribution in [-0.2, 0) is 10.9 Å². The maximum absolute atomic E-state index is 13.6. The normalized spacial score (nSPS) is 15.8. The number of aromatic amines is 1. The van der Waals surface area contributed by atoms with Gasteiger partial charge in [-0.1, -0.05) is 18.2 Å². The number of halogens is 3. The van der Waals surface area contributed by atoms with Crippen molar-refractivity contribution >= 4 is 11.7 Å². The van der Waals surface area contributed by atoms with E-state index < -0.39 is 22.9 Å². The lowest BCUT2D eigenvalue weighted by atomic mass is 9.93. The molecule has 0 spiro atoms. The van der Waals surface area contributed by atoms with Gasteiger partial charge in [0.15, 0.2) is 0 Å². The molecule has 0 aliphatic carbocycles. The van der Waals surface area contributed by atoms with E-state index in [2.05, 4.69) is 10.1 Å². The van der Waals surface area contributed by atoms with Crippen molar-refractivity contribution in [2.24, 2.45) is 0 Å². The molecule has 4 rings (SSSR count). The molecule has 0 bridgehead atoms. The number of benzene rings is 1. The van der Waals surface area contributed by atoms with Crippen LogP contribution in [0, 0.1) is 0 Å². The van der Waals surface area contributed by atoms with Crippen LogP contribution in [0.2, 0.25) is 0 Å². The van der Waals surface area contributed by atoms with Crippen LogP contribution in [0.15, 0.2) is 41.3 Å². The summed E-state index contributed by atoms with van der Waals surface area (Å²) in [5, 5.41) is 4.31. The van der Waals surface area contributed by atoms with Crippen LogP contribution < -0.4 is 5.56 Å². The second-order valence-electron chi connectivity index (χ2n) is 9.16. The van der Waals surface area contributed by atoms with Crippen LogP contribution in [-0.4, -0.2) is 44.3 Å². The first-order valence-electron chi connectivity index (χ1n) is 10.7. The number of H-pyrrole nitrogens is 1. The van der Waals surface area contributed by atoms with E-state index in [1.165, 1.54) is 35.0 Å². The predicted molar refractivity (Wildman–Crippen MR) is 116 cm³/mol. The second kappa shape index (κ2) is 8.24. The Bertz CT molecular complexity index is 1230. The van der Waals surface area contributed by atoms with Gasteiger partial charge in [-0.15, -0.1) is 0 Å². The Labute approximate surface area is 188 Å². The molecule has 10 heteroatoms. The van der Waals surface area contributed by atoms with Gasteiger partial charge in [0, 0.05) is 30.6 Å². The minimum absolute atomic E-state index is 0.0486. The number of aromatic nitrogens is 3. The van der Waals surface area contributed by atoms with E-state index in [-0.39, 0.29) is 28.8 Å². The van der Waals surface area contributed by atoms with Crippen molar-refractivity contribution in [3.05, 3.63) is 58.1 Å². The Morgan fingerprint density at radius 3 is 2.42 bits per heavy atom. The van der Waals surface area contributed by atoms with Gasteiger partial charge in [-0.25, -0.2) is 9.31 Å². The fraction of sp³-hybridized carbons (Fsp3) is 0.435. The fourth-order valence-corrected chi connectivity index (χ4v) is 4.15. The number of fused-ring (bicyclic) bond motifs is 1. The van der Waals surface area contributed by atoms with Gasteiger partial charge in [-0.2, -0.15) is 18.3 Å². The number of hydrogen-bond acceptors (Lipinski definition) is 4. The monoisotopic (exact) mass is 462 g/mol. The number of alkyl halides is 3. The highest BCUT2D eigenvalue weighted by Gasteiger charge is 2.34. The zero-order valence-corrected chi connectivity index (χ0v) is 18.6. The molecule has 2 aromatic heterocycles. The van der Waals surface area contributed by atoms with Crippen LogP contribution in [0.1, 0.15) is 50.8 Å². The molecule has 0 saturated carbocycles. The lowest BCUT2D eigenvalue weighted by Gasteiger charge is -2.33. The number of amides is 1. The second-order valence-corrected chi connectivity index (χ2v) is 9.16. The van der Waals surface area contributed by atoms with Crippen LogP contribution in [0.25, 0.3) is 16.8 Å². The minimum Gasteiger partial charge on any atom is -0.444 e. The van der Waals surface area contributed by atoms with Gasteiger partial charge < -0.3 is 14.6 Å². The summed E-state index contributed by atoms with van der Waals surface area (Å²) in [4.78, 5) is 29.0. The zero-order chi connectivity index (χ0) is 24.0. The Balaban J connectivity index is 1.66. The smallest absolute Gasteiger partial charge is 0.417 e. The summed E-state index contributed by atoms with van der Waals surface area (Å²) in [5.41, 5.74) is -0.835. The van der Waals surface area contributed by atoms with Crippen LogP contribution in [0.3, 0.4) is 0 Å². The standard InChI is InChI=1S/C23H25F3N4O3/c1-22(2,3)33-21(32)29-10-8-14(9-11-29)18-12-19(31)28-20-16(13-27-30(18)20)15-6-4-5-7-17(15)23(24,25)26/h4-7,12-14H,8-11H2,1-3H3,(H,28,31). The molecule has 176 valence electrons. The lowest BCUT2D eigenvalue weighted by Crippen LogP contribution is -2.41. The van der Waals surface area contributed by atoms with Gasteiger partial charge in [0.1, 0.15) is 11.2 Å². The van der Waals surface area contributed by atoms with Crippen molar-refractivity contribution in [2.45, 2.75) is 51.3 Å². The maximum atomic E-state index is 13.6. The fourth-order valence-electron chi connectivity index (χ4n) is 4.15. The molecule has 0 unspecified atom stereocenters. The molecule has 1 fully saturated rings. The highest BCUT2D eigenvalue weighted by Crippen LogP contribution is 2.38. The molecule has 0 atom stereocenters. The van der Waals surface area contributed by atoms with Gasteiger partial charge >= 0.3 is 12.3 Å². The van der Waals surface area contributed by atoms with Crippen molar-refractivity contribution in [1.29, 1.82) is 0 Å². The summed E-state index contributed by atoms with van der Waals surface area (Å²) in [5.74, 6) is -0.0842.